The Morgan fingerprint density at radius 2 is 2.38 bits per heavy atom. The average Bonchev–Trinajstić information content (AvgIpc) is 2.59. The highest BCUT2D eigenvalue weighted by atomic mass is 16.5. The van der Waals surface area contributed by atoms with Gasteiger partial charge >= 0.3 is 0 Å². The molecule has 0 saturated carbocycles. The number of pyridine rings is 1. The van der Waals surface area contributed by atoms with Gasteiger partial charge in [0.15, 0.2) is 0 Å². The Balaban J connectivity index is 1.87. The number of hydrazone groups is 1. The highest BCUT2D eigenvalue weighted by Gasteiger charge is 2.21. The molecular formula is C19H28N4O. The lowest BCUT2D eigenvalue weighted by atomic mass is 9.95. The molecule has 2 atom stereocenters. The minimum Gasteiger partial charge on any atom is -0.504 e. The topological polar surface area (TPSA) is 63.7 Å². The van der Waals surface area contributed by atoms with Gasteiger partial charge in [-0.2, -0.15) is 5.10 Å². The van der Waals surface area contributed by atoms with Crippen LogP contribution in [0.4, 0.5) is 0 Å². The van der Waals surface area contributed by atoms with Gasteiger partial charge in [-0.1, -0.05) is 25.1 Å². The Bertz CT molecular complexity index is 568. The van der Waals surface area contributed by atoms with Crippen molar-refractivity contribution in [2.45, 2.75) is 32.1 Å². The van der Waals surface area contributed by atoms with Gasteiger partial charge in [-0.05, 0) is 37.0 Å². The quantitative estimate of drug-likeness (QED) is 0.361. The summed E-state index contributed by atoms with van der Waals surface area (Å²) < 4.78 is 4.86. The van der Waals surface area contributed by atoms with Gasteiger partial charge in [0.05, 0.1) is 13.4 Å². The van der Waals surface area contributed by atoms with Gasteiger partial charge in [0.25, 0.3) is 0 Å². The van der Waals surface area contributed by atoms with Crippen LogP contribution in [0.25, 0.3) is 0 Å². The lowest BCUT2D eigenvalue weighted by Gasteiger charge is -2.30. The van der Waals surface area contributed by atoms with Crippen molar-refractivity contribution in [1.82, 2.24) is 9.99 Å². The standard InChI is InChI=1S/C19H28N4O/c1-16(8-4-6-13-24-2)14-19(20)22-23-12-7-9-17(15-23)18-10-3-5-11-21-18/h3-6,8,10-11,13,16-17H,7,9,12,14-15H2,1-2H3,(H2,20,22)/b8-4-,13-6+/t16?,17-/m0/s1. The first-order valence-electron chi connectivity index (χ1n) is 8.54. The zero-order chi connectivity index (χ0) is 17.2. The maximum atomic E-state index is 6.14. The van der Waals surface area contributed by atoms with Gasteiger partial charge in [0.1, 0.15) is 5.84 Å². The third-order valence-electron chi connectivity index (χ3n) is 4.07. The SMILES string of the molecule is CO/C=C/C=C\C(C)C/C(N)=N/N1CCC[C@H](c2ccccn2)C1. The third-order valence-corrected chi connectivity index (χ3v) is 4.07. The normalized spacial score (nSPS) is 20.7. The van der Waals surface area contributed by atoms with Crippen LogP contribution in [0.3, 0.4) is 0 Å². The van der Waals surface area contributed by atoms with E-state index in [4.69, 9.17) is 10.5 Å². The number of rotatable bonds is 7. The molecule has 0 aliphatic carbocycles. The molecule has 2 rings (SSSR count). The number of hydrogen-bond donors (Lipinski definition) is 1. The zero-order valence-corrected chi connectivity index (χ0v) is 14.6. The molecule has 24 heavy (non-hydrogen) atoms. The van der Waals surface area contributed by atoms with E-state index < -0.39 is 0 Å². The molecule has 0 aromatic carbocycles. The molecule has 1 aliphatic rings. The molecule has 1 aromatic heterocycles. The van der Waals surface area contributed by atoms with E-state index in [0.29, 0.717) is 17.7 Å². The lowest BCUT2D eigenvalue weighted by Crippen LogP contribution is -2.33. The second-order valence-electron chi connectivity index (χ2n) is 6.23. The van der Waals surface area contributed by atoms with E-state index in [1.807, 2.05) is 30.5 Å². The monoisotopic (exact) mass is 328 g/mol. The minimum absolute atomic E-state index is 0.339. The van der Waals surface area contributed by atoms with E-state index in [1.54, 1.807) is 13.4 Å². The number of methoxy groups -OCH3 is 1. The molecule has 2 N–H and O–H groups in total. The zero-order valence-electron chi connectivity index (χ0n) is 14.6. The van der Waals surface area contributed by atoms with Crippen molar-refractivity contribution >= 4 is 5.84 Å². The number of aromatic nitrogens is 1. The summed E-state index contributed by atoms with van der Waals surface area (Å²) in [5.74, 6) is 1.46. The Labute approximate surface area is 144 Å². The van der Waals surface area contributed by atoms with Crippen LogP contribution < -0.4 is 5.73 Å². The van der Waals surface area contributed by atoms with Crippen molar-refractivity contribution in [2.75, 3.05) is 20.2 Å². The first-order chi connectivity index (χ1) is 11.7. The van der Waals surface area contributed by atoms with E-state index in [9.17, 15) is 0 Å². The van der Waals surface area contributed by atoms with Crippen LogP contribution in [-0.2, 0) is 4.74 Å². The Kier molecular flexibility index (Phi) is 7.33. The predicted octanol–water partition coefficient (Wildman–Crippen LogP) is 3.28. The smallest absolute Gasteiger partial charge is 0.120 e. The Morgan fingerprint density at radius 3 is 3.12 bits per heavy atom. The average molecular weight is 328 g/mol. The van der Waals surface area contributed by atoms with Crippen LogP contribution in [0.5, 0.6) is 0 Å². The summed E-state index contributed by atoms with van der Waals surface area (Å²) in [6, 6.07) is 6.10. The van der Waals surface area contributed by atoms with Crippen molar-refractivity contribution in [3.8, 4) is 0 Å². The molecule has 1 fully saturated rings. The molecule has 5 nitrogen and oxygen atoms in total. The van der Waals surface area contributed by atoms with Crippen LogP contribution >= 0.6 is 0 Å². The van der Waals surface area contributed by atoms with Crippen molar-refractivity contribution in [1.29, 1.82) is 0 Å². The summed E-state index contributed by atoms with van der Waals surface area (Å²) in [5, 5.41) is 6.72. The van der Waals surface area contributed by atoms with Gasteiger partial charge in [0, 0.05) is 37.3 Å². The Morgan fingerprint density at radius 1 is 1.50 bits per heavy atom. The summed E-state index contributed by atoms with van der Waals surface area (Å²) in [4.78, 5) is 4.48. The largest absolute Gasteiger partial charge is 0.504 e. The fourth-order valence-electron chi connectivity index (χ4n) is 2.91. The fourth-order valence-corrected chi connectivity index (χ4v) is 2.91. The number of amidine groups is 1. The summed E-state index contributed by atoms with van der Waals surface area (Å²) in [7, 11) is 1.63. The van der Waals surface area contributed by atoms with Gasteiger partial charge in [0.2, 0.25) is 0 Å². The van der Waals surface area contributed by atoms with Crippen LogP contribution in [0.1, 0.15) is 37.8 Å². The van der Waals surface area contributed by atoms with Crippen molar-refractivity contribution < 1.29 is 4.74 Å². The number of nitrogens with two attached hydrogens (primary N) is 1. The van der Waals surface area contributed by atoms with Crippen LogP contribution in [0, 0.1) is 5.92 Å². The molecule has 1 aromatic rings. The van der Waals surface area contributed by atoms with Crippen LogP contribution in [0.15, 0.2) is 54.0 Å². The second kappa shape index (κ2) is 9.75. The number of ether oxygens (including phenoxy) is 1. The summed E-state index contributed by atoms with van der Waals surface area (Å²) in [6.07, 6.45) is 12.5. The molecule has 0 radical (unpaired) electrons. The van der Waals surface area contributed by atoms with Crippen molar-refractivity contribution in [3.05, 3.63) is 54.6 Å². The maximum Gasteiger partial charge on any atom is 0.120 e. The molecule has 0 spiro atoms. The van der Waals surface area contributed by atoms with Crippen molar-refractivity contribution in [3.63, 3.8) is 0 Å². The molecule has 0 bridgehead atoms. The molecule has 0 amide bonds. The summed E-state index contributed by atoms with van der Waals surface area (Å²) in [5.41, 5.74) is 7.29. The van der Waals surface area contributed by atoms with E-state index in [2.05, 4.69) is 34.2 Å². The molecule has 1 unspecified atom stereocenters. The first kappa shape index (κ1) is 18.0. The molecule has 1 aliphatic heterocycles. The van der Waals surface area contributed by atoms with Gasteiger partial charge in [-0.3, -0.25) is 9.99 Å². The number of hydrogen-bond acceptors (Lipinski definition) is 4. The summed E-state index contributed by atoms with van der Waals surface area (Å²) >= 11 is 0. The predicted molar refractivity (Wildman–Crippen MR) is 98.5 cm³/mol. The first-order valence-corrected chi connectivity index (χ1v) is 8.54. The van der Waals surface area contributed by atoms with Crippen LogP contribution in [-0.4, -0.2) is 36.0 Å². The van der Waals surface area contributed by atoms with Gasteiger partial charge < -0.3 is 10.5 Å². The summed E-state index contributed by atoms with van der Waals surface area (Å²) in [6.45, 7) is 3.98. The van der Waals surface area contributed by atoms with Crippen molar-refractivity contribution in [2.24, 2.45) is 16.8 Å². The molecule has 130 valence electrons. The molecule has 5 heteroatoms. The van der Waals surface area contributed by atoms with E-state index in [0.717, 1.165) is 38.0 Å². The number of piperidine rings is 1. The van der Waals surface area contributed by atoms with Crippen LogP contribution in [0.2, 0.25) is 0 Å². The second-order valence-corrected chi connectivity index (χ2v) is 6.23. The third kappa shape index (κ3) is 6.07. The molecular weight excluding hydrogens is 300 g/mol. The van der Waals surface area contributed by atoms with Gasteiger partial charge in [-0.25, -0.2) is 0 Å². The maximum absolute atomic E-state index is 6.14. The highest BCUT2D eigenvalue weighted by Crippen LogP contribution is 2.25. The molecule has 2 heterocycles. The number of allylic oxidation sites excluding steroid dienone is 3. The fraction of sp³-hybridized carbons (Fsp3) is 0.474. The highest BCUT2D eigenvalue weighted by molar-refractivity contribution is 5.80. The lowest BCUT2D eigenvalue weighted by molar-refractivity contribution is 0.214. The minimum atomic E-state index is 0.339. The number of nitrogens with zero attached hydrogens (tertiary/aromatic N) is 3. The van der Waals surface area contributed by atoms with Gasteiger partial charge in [-0.15, -0.1) is 0 Å². The van der Waals surface area contributed by atoms with E-state index in [-0.39, 0.29) is 0 Å². The molecule has 1 saturated heterocycles. The van der Waals surface area contributed by atoms with E-state index in [1.165, 1.54) is 0 Å². The van der Waals surface area contributed by atoms with E-state index >= 15 is 0 Å². The Hall–Kier alpha value is -2.30.